The third-order valence-corrected chi connectivity index (χ3v) is 4.12. The summed E-state index contributed by atoms with van der Waals surface area (Å²) in [6.07, 6.45) is 1.53. The molecule has 114 valence electrons. The van der Waals surface area contributed by atoms with E-state index in [1.807, 2.05) is 0 Å². The summed E-state index contributed by atoms with van der Waals surface area (Å²) in [6, 6.07) is 3.43. The molecule has 1 aromatic carbocycles. The first-order valence-electron chi connectivity index (χ1n) is 6.29. The number of aromatic nitrogens is 2. The number of alkyl halides is 2. The zero-order valence-electron chi connectivity index (χ0n) is 11.5. The van der Waals surface area contributed by atoms with Crippen LogP contribution in [0.25, 0.3) is 11.1 Å². The predicted octanol–water partition coefficient (Wildman–Crippen LogP) is 4.31. The lowest BCUT2D eigenvalue weighted by Crippen LogP contribution is -2.11. The molecule has 0 aliphatic carbocycles. The molecule has 7 heteroatoms. The van der Waals surface area contributed by atoms with Crippen molar-refractivity contribution in [3.8, 4) is 11.1 Å². The Morgan fingerprint density at radius 1 is 1.29 bits per heavy atom. The predicted molar refractivity (Wildman–Crippen MR) is 76.8 cm³/mol. The number of benzene rings is 1. The fraction of sp³-hybridized carbons (Fsp3) is 0.357. The van der Waals surface area contributed by atoms with E-state index in [4.69, 9.17) is 0 Å². The Morgan fingerprint density at radius 2 is 2.00 bits per heavy atom. The van der Waals surface area contributed by atoms with E-state index in [1.54, 1.807) is 26.0 Å². The lowest BCUT2D eigenvalue weighted by atomic mass is 10.0. The minimum atomic E-state index is -2.80. The van der Waals surface area contributed by atoms with E-state index < -0.39 is 6.61 Å². The van der Waals surface area contributed by atoms with Crippen LogP contribution in [0.5, 0.6) is 0 Å². The first-order chi connectivity index (χ1) is 9.91. The molecule has 0 fully saturated rings. The Bertz CT molecular complexity index is 643. The SMILES string of the molecule is Cc1c(Br)ccc(-c2cnn(CCOC(F)F)c2C)c1F. The second-order valence-electron chi connectivity index (χ2n) is 4.53. The molecule has 1 heterocycles. The maximum Gasteiger partial charge on any atom is 0.345 e. The van der Waals surface area contributed by atoms with Gasteiger partial charge in [0.05, 0.1) is 19.3 Å². The Balaban J connectivity index is 2.26. The molecule has 21 heavy (non-hydrogen) atoms. The van der Waals surface area contributed by atoms with Gasteiger partial charge in [-0.25, -0.2) is 4.39 Å². The molecular formula is C14H14BrF3N2O. The van der Waals surface area contributed by atoms with E-state index in [2.05, 4.69) is 25.8 Å². The molecule has 0 atom stereocenters. The molecule has 0 spiro atoms. The molecule has 3 nitrogen and oxygen atoms in total. The summed E-state index contributed by atoms with van der Waals surface area (Å²) >= 11 is 3.28. The van der Waals surface area contributed by atoms with Crippen LogP contribution in [0.2, 0.25) is 0 Å². The van der Waals surface area contributed by atoms with Crippen LogP contribution in [0.1, 0.15) is 11.3 Å². The van der Waals surface area contributed by atoms with Gasteiger partial charge in [-0.2, -0.15) is 13.9 Å². The van der Waals surface area contributed by atoms with Gasteiger partial charge >= 0.3 is 6.61 Å². The van der Waals surface area contributed by atoms with E-state index in [1.165, 1.54) is 10.9 Å². The molecule has 0 aliphatic heterocycles. The second-order valence-corrected chi connectivity index (χ2v) is 5.39. The Hall–Kier alpha value is -1.34. The van der Waals surface area contributed by atoms with Crippen molar-refractivity contribution in [3.63, 3.8) is 0 Å². The van der Waals surface area contributed by atoms with Crippen molar-refractivity contribution in [2.45, 2.75) is 27.0 Å². The second kappa shape index (κ2) is 6.62. The van der Waals surface area contributed by atoms with Crippen LogP contribution in [0, 0.1) is 19.7 Å². The number of hydrogen-bond donors (Lipinski definition) is 0. The van der Waals surface area contributed by atoms with Crippen molar-refractivity contribution in [3.05, 3.63) is 39.9 Å². The Kier molecular flexibility index (Phi) is 5.05. The largest absolute Gasteiger partial charge is 0.345 e. The first-order valence-corrected chi connectivity index (χ1v) is 7.08. The van der Waals surface area contributed by atoms with E-state index in [9.17, 15) is 13.2 Å². The van der Waals surface area contributed by atoms with Crippen molar-refractivity contribution in [2.24, 2.45) is 0 Å². The highest BCUT2D eigenvalue weighted by Gasteiger charge is 2.15. The molecule has 2 aromatic rings. The minimum absolute atomic E-state index is 0.151. The highest BCUT2D eigenvalue weighted by molar-refractivity contribution is 9.10. The molecular weight excluding hydrogens is 349 g/mol. The van der Waals surface area contributed by atoms with Crippen molar-refractivity contribution < 1.29 is 17.9 Å². The average molecular weight is 363 g/mol. The number of rotatable bonds is 5. The summed E-state index contributed by atoms with van der Waals surface area (Å²) in [7, 11) is 0. The van der Waals surface area contributed by atoms with Gasteiger partial charge in [-0.1, -0.05) is 22.0 Å². The summed E-state index contributed by atoms with van der Waals surface area (Å²) in [4.78, 5) is 0. The van der Waals surface area contributed by atoms with Crippen LogP contribution < -0.4 is 0 Å². The summed E-state index contributed by atoms with van der Waals surface area (Å²) in [5, 5.41) is 4.10. The molecule has 0 amide bonds. The maximum absolute atomic E-state index is 14.3. The Labute approximate surface area is 128 Å². The highest BCUT2D eigenvalue weighted by atomic mass is 79.9. The van der Waals surface area contributed by atoms with Gasteiger partial charge in [0.15, 0.2) is 0 Å². The summed E-state index contributed by atoms with van der Waals surface area (Å²) in [5.74, 6) is -0.323. The quantitative estimate of drug-likeness (QED) is 0.792. The topological polar surface area (TPSA) is 27.1 Å². The summed E-state index contributed by atoms with van der Waals surface area (Å²) < 4.78 is 44.6. The molecule has 2 rings (SSSR count). The van der Waals surface area contributed by atoms with Gasteiger partial charge in [-0.3, -0.25) is 4.68 Å². The van der Waals surface area contributed by atoms with Crippen molar-refractivity contribution >= 4 is 15.9 Å². The van der Waals surface area contributed by atoms with Crippen LogP contribution >= 0.6 is 15.9 Å². The van der Waals surface area contributed by atoms with Gasteiger partial charge < -0.3 is 4.74 Å². The van der Waals surface area contributed by atoms with Gasteiger partial charge in [0.1, 0.15) is 5.82 Å². The van der Waals surface area contributed by atoms with Crippen molar-refractivity contribution in [2.75, 3.05) is 6.61 Å². The van der Waals surface area contributed by atoms with Crippen LogP contribution in [-0.2, 0) is 11.3 Å². The fourth-order valence-electron chi connectivity index (χ4n) is 2.03. The lowest BCUT2D eigenvalue weighted by Gasteiger charge is -2.08. The molecule has 1 aromatic heterocycles. The molecule has 0 unspecified atom stereocenters. The number of ether oxygens (including phenoxy) is 1. The van der Waals surface area contributed by atoms with Gasteiger partial charge in [0.25, 0.3) is 0 Å². The molecule has 0 radical (unpaired) electrons. The molecule has 0 saturated heterocycles. The van der Waals surface area contributed by atoms with Gasteiger partial charge in [0.2, 0.25) is 0 Å². The van der Waals surface area contributed by atoms with E-state index >= 15 is 0 Å². The molecule has 0 bridgehead atoms. The van der Waals surface area contributed by atoms with E-state index in [0.717, 1.165) is 0 Å². The number of halogens is 4. The molecule has 0 N–H and O–H groups in total. The number of hydrogen-bond acceptors (Lipinski definition) is 2. The smallest absolute Gasteiger partial charge is 0.321 e. The minimum Gasteiger partial charge on any atom is -0.321 e. The van der Waals surface area contributed by atoms with Crippen LogP contribution in [-0.4, -0.2) is 23.0 Å². The normalized spacial score (nSPS) is 11.4. The molecule has 0 saturated carbocycles. The third kappa shape index (κ3) is 3.47. The van der Waals surface area contributed by atoms with E-state index in [-0.39, 0.29) is 19.0 Å². The molecule has 0 aliphatic rings. The fourth-order valence-corrected chi connectivity index (χ4v) is 2.34. The van der Waals surface area contributed by atoms with Gasteiger partial charge in [-0.15, -0.1) is 0 Å². The Morgan fingerprint density at radius 3 is 2.67 bits per heavy atom. The number of nitrogens with zero attached hydrogens (tertiary/aromatic N) is 2. The standard InChI is InChI=1S/C14H14BrF3N2O/c1-8-12(15)4-3-10(13(8)16)11-7-19-20(9(11)2)5-6-21-14(17)18/h3-4,7,14H,5-6H2,1-2H3. The van der Waals surface area contributed by atoms with E-state index in [0.29, 0.717) is 26.9 Å². The zero-order valence-corrected chi connectivity index (χ0v) is 13.1. The van der Waals surface area contributed by atoms with Crippen LogP contribution in [0.3, 0.4) is 0 Å². The summed E-state index contributed by atoms with van der Waals surface area (Å²) in [5.41, 5.74) is 2.29. The zero-order chi connectivity index (χ0) is 15.6. The van der Waals surface area contributed by atoms with Crippen molar-refractivity contribution in [1.29, 1.82) is 0 Å². The van der Waals surface area contributed by atoms with Gasteiger partial charge in [0, 0.05) is 21.3 Å². The van der Waals surface area contributed by atoms with Crippen LogP contribution in [0.15, 0.2) is 22.8 Å². The third-order valence-electron chi connectivity index (χ3n) is 3.26. The van der Waals surface area contributed by atoms with Crippen molar-refractivity contribution in [1.82, 2.24) is 9.78 Å². The van der Waals surface area contributed by atoms with Gasteiger partial charge in [-0.05, 0) is 25.5 Å². The monoisotopic (exact) mass is 362 g/mol. The maximum atomic E-state index is 14.3. The first kappa shape index (κ1) is 16.0. The average Bonchev–Trinajstić information content (AvgIpc) is 2.78. The lowest BCUT2D eigenvalue weighted by molar-refractivity contribution is -0.130. The highest BCUT2D eigenvalue weighted by Crippen LogP contribution is 2.30. The van der Waals surface area contributed by atoms with Crippen LogP contribution in [0.4, 0.5) is 13.2 Å². The summed E-state index contributed by atoms with van der Waals surface area (Å²) in [6.45, 7) is 0.682.